The predicted molar refractivity (Wildman–Crippen MR) is 113 cm³/mol. The fourth-order valence-corrected chi connectivity index (χ4v) is 3.46. The summed E-state index contributed by atoms with van der Waals surface area (Å²) in [5, 5.41) is 0. The molecule has 2 heterocycles. The zero-order valence-corrected chi connectivity index (χ0v) is 17.3. The topological polar surface area (TPSA) is 66.0 Å². The summed E-state index contributed by atoms with van der Waals surface area (Å²) >= 11 is 0. The average Bonchev–Trinajstić information content (AvgIpc) is 2.74. The molecule has 1 fully saturated rings. The van der Waals surface area contributed by atoms with Gasteiger partial charge in [0.1, 0.15) is 5.82 Å². The number of aryl methyl sites for hydroxylation is 1. The summed E-state index contributed by atoms with van der Waals surface area (Å²) in [4.78, 5) is 34.8. The third-order valence-corrected chi connectivity index (χ3v) is 4.99. The van der Waals surface area contributed by atoms with Gasteiger partial charge in [0, 0.05) is 50.2 Å². The molecule has 0 unspecified atom stereocenters. The lowest BCUT2D eigenvalue weighted by molar-refractivity contribution is 0.0570. The van der Waals surface area contributed by atoms with Crippen LogP contribution in [-0.4, -0.2) is 66.1 Å². The van der Waals surface area contributed by atoms with Crippen LogP contribution >= 0.6 is 0 Å². The van der Waals surface area contributed by atoms with Crippen molar-refractivity contribution in [3.63, 3.8) is 0 Å². The molecule has 0 bridgehead atoms. The van der Waals surface area contributed by atoms with Crippen molar-refractivity contribution in [3.05, 3.63) is 53.7 Å². The van der Waals surface area contributed by atoms with Gasteiger partial charge in [-0.05, 0) is 50.6 Å². The van der Waals surface area contributed by atoms with Crippen LogP contribution in [0.1, 0.15) is 29.8 Å². The first kappa shape index (κ1) is 20.6. The lowest BCUT2D eigenvalue weighted by Crippen LogP contribution is -2.50. The molecule has 154 valence electrons. The van der Waals surface area contributed by atoms with Gasteiger partial charge in [0.2, 0.25) is 0 Å². The summed E-state index contributed by atoms with van der Waals surface area (Å²) in [6.45, 7) is 8.94. The summed E-state index contributed by atoms with van der Waals surface area (Å²) in [6, 6.07) is 11.8. The van der Waals surface area contributed by atoms with Crippen LogP contribution in [0.15, 0.2) is 42.6 Å². The first-order valence-electron chi connectivity index (χ1n) is 10.0. The quantitative estimate of drug-likeness (QED) is 0.774. The number of nitrogens with zero attached hydrogens (tertiary/aromatic N) is 4. The van der Waals surface area contributed by atoms with Crippen LogP contribution in [-0.2, 0) is 4.74 Å². The van der Waals surface area contributed by atoms with E-state index < -0.39 is 0 Å². The predicted octanol–water partition coefficient (Wildman–Crippen LogP) is 3.46. The number of pyridine rings is 1. The number of piperazine rings is 1. The SMILES string of the molecule is CCOC(=O)N1CCN(C(=O)c2ccnc(N(CC)c3cccc(C)c3)c2)CC1. The summed E-state index contributed by atoms with van der Waals surface area (Å²) in [5.41, 5.74) is 2.82. The molecule has 0 spiro atoms. The maximum atomic E-state index is 13.0. The molecule has 2 amide bonds. The van der Waals surface area contributed by atoms with Gasteiger partial charge in [-0.25, -0.2) is 9.78 Å². The van der Waals surface area contributed by atoms with Crippen molar-refractivity contribution in [1.29, 1.82) is 0 Å². The molecule has 3 rings (SSSR count). The van der Waals surface area contributed by atoms with Crippen molar-refractivity contribution in [3.8, 4) is 0 Å². The molecule has 1 saturated heterocycles. The van der Waals surface area contributed by atoms with Gasteiger partial charge < -0.3 is 19.4 Å². The summed E-state index contributed by atoms with van der Waals surface area (Å²) in [5.74, 6) is 0.701. The van der Waals surface area contributed by atoms with Crippen LogP contribution in [0.2, 0.25) is 0 Å². The number of benzene rings is 1. The number of hydrogen-bond donors (Lipinski definition) is 0. The Morgan fingerprint density at radius 2 is 1.79 bits per heavy atom. The minimum absolute atomic E-state index is 0.0440. The number of anilines is 2. The van der Waals surface area contributed by atoms with E-state index in [1.165, 1.54) is 5.56 Å². The molecule has 7 heteroatoms. The number of ether oxygens (including phenoxy) is 1. The minimum atomic E-state index is -0.317. The van der Waals surface area contributed by atoms with E-state index in [1.54, 1.807) is 29.0 Å². The molecule has 29 heavy (non-hydrogen) atoms. The van der Waals surface area contributed by atoms with Gasteiger partial charge in [-0.3, -0.25) is 4.79 Å². The minimum Gasteiger partial charge on any atom is -0.450 e. The molecule has 0 atom stereocenters. The second kappa shape index (κ2) is 9.41. The third kappa shape index (κ3) is 4.85. The summed E-state index contributed by atoms with van der Waals surface area (Å²) < 4.78 is 5.04. The van der Waals surface area contributed by atoms with Crippen molar-refractivity contribution >= 4 is 23.5 Å². The molecule has 0 radical (unpaired) electrons. The monoisotopic (exact) mass is 396 g/mol. The lowest BCUT2D eigenvalue weighted by Gasteiger charge is -2.34. The largest absolute Gasteiger partial charge is 0.450 e. The van der Waals surface area contributed by atoms with Crippen LogP contribution in [0.25, 0.3) is 0 Å². The highest BCUT2D eigenvalue weighted by Gasteiger charge is 2.26. The van der Waals surface area contributed by atoms with Crippen molar-refractivity contribution in [2.24, 2.45) is 0 Å². The average molecular weight is 396 g/mol. The number of aromatic nitrogens is 1. The van der Waals surface area contributed by atoms with Gasteiger partial charge in [-0.2, -0.15) is 0 Å². The number of amides is 2. The zero-order chi connectivity index (χ0) is 20.8. The maximum absolute atomic E-state index is 13.0. The first-order valence-corrected chi connectivity index (χ1v) is 10.0. The molecule has 1 aromatic heterocycles. The lowest BCUT2D eigenvalue weighted by atomic mass is 10.1. The Balaban J connectivity index is 1.72. The van der Waals surface area contributed by atoms with Crippen LogP contribution in [0, 0.1) is 6.92 Å². The number of carbonyl (C=O) groups is 2. The van der Waals surface area contributed by atoms with E-state index in [1.807, 2.05) is 18.2 Å². The summed E-state index contributed by atoms with van der Waals surface area (Å²) in [6.07, 6.45) is 1.36. The van der Waals surface area contributed by atoms with Gasteiger partial charge in [0.15, 0.2) is 0 Å². The van der Waals surface area contributed by atoms with Crippen molar-refractivity contribution < 1.29 is 14.3 Å². The zero-order valence-electron chi connectivity index (χ0n) is 17.3. The summed E-state index contributed by atoms with van der Waals surface area (Å²) in [7, 11) is 0. The molecular weight excluding hydrogens is 368 g/mol. The van der Waals surface area contributed by atoms with Gasteiger partial charge in [-0.15, -0.1) is 0 Å². The molecule has 7 nitrogen and oxygen atoms in total. The fraction of sp³-hybridized carbons (Fsp3) is 0.409. The Morgan fingerprint density at radius 3 is 2.45 bits per heavy atom. The number of carbonyl (C=O) groups excluding carboxylic acids is 2. The standard InChI is InChI=1S/C22H28N4O3/c1-4-26(19-8-6-7-17(3)15-19)20-16-18(9-10-23-20)21(27)24-11-13-25(14-12-24)22(28)29-5-2/h6-10,15-16H,4-5,11-14H2,1-3H3. The van der Waals surface area contributed by atoms with E-state index in [4.69, 9.17) is 4.74 Å². The smallest absolute Gasteiger partial charge is 0.409 e. The molecule has 0 N–H and O–H groups in total. The van der Waals surface area contributed by atoms with E-state index in [0.717, 1.165) is 18.1 Å². The van der Waals surface area contributed by atoms with Crippen molar-refractivity contribution in [2.75, 3.05) is 44.2 Å². The van der Waals surface area contributed by atoms with Gasteiger partial charge in [0.25, 0.3) is 5.91 Å². The highest BCUT2D eigenvalue weighted by molar-refractivity contribution is 5.95. The van der Waals surface area contributed by atoms with E-state index >= 15 is 0 Å². The molecule has 2 aromatic rings. The number of hydrogen-bond acceptors (Lipinski definition) is 5. The normalized spacial score (nSPS) is 13.9. The molecule has 1 aromatic carbocycles. The second-order valence-electron chi connectivity index (χ2n) is 6.96. The fourth-order valence-electron chi connectivity index (χ4n) is 3.46. The van der Waals surface area contributed by atoms with Crippen molar-refractivity contribution in [1.82, 2.24) is 14.8 Å². The molecule has 0 aliphatic carbocycles. The molecule has 1 aliphatic heterocycles. The van der Waals surface area contributed by atoms with Crippen LogP contribution in [0.3, 0.4) is 0 Å². The Hall–Kier alpha value is -3.09. The maximum Gasteiger partial charge on any atom is 0.409 e. The highest BCUT2D eigenvalue weighted by Crippen LogP contribution is 2.25. The van der Waals surface area contributed by atoms with Crippen LogP contribution in [0.4, 0.5) is 16.3 Å². The van der Waals surface area contributed by atoms with E-state index in [0.29, 0.717) is 38.3 Å². The van der Waals surface area contributed by atoms with Crippen LogP contribution in [0.5, 0.6) is 0 Å². The van der Waals surface area contributed by atoms with Gasteiger partial charge in [-0.1, -0.05) is 12.1 Å². The van der Waals surface area contributed by atoms with Crippen LogP contribution < -0.4 is 4.90 Å². The highest BCUT2D eigenvalue weighted by atomic mass is 16.6. The number of rotatable bonds is 5. The Morgan fingerprint density at radius 1 is 1.07 bits per heavy atom. The first-order chi connectivity index (χ1) is 14.0. The Kier molecular flexibility index (Phi) is 6.69. The van der Waals surface area contributed by atoms with E-state index in [9.17, 15) is 9.59 Å². The molecule has 1 aliphatic rings. The molecule has 0 saturated carbocycles. The Labute approximate surface area is 171 Å². The van der Waals surface area contributed by atoms with E-state index in [-0.39, 0.29) is 12.0 Å². The van der Waals surface area contributed by atoms with Crippen molar-refractivity contribution in [2.45, 2.75) is 20.8 Å². The van der Waals surface area contributed by atoms with Gasteiger partial charge in [0.05, 0.1) is 6.61 Å². The third-order valence-electron chi connectivity index (χ3n) is 4.99. The molecular formula is C22H28N4O3. The van der Waals surface area contributed by atoms with E-state index in [2.05, 4.69) is 35.9 Å². The van der Waals surface area contributed by atoms with Gasteiger partial charge >= 0.3 is 6.09 Å². The Bertz CT molecular complexity index is 863. The second-order valence-corrected chi connectivity index (χ2v) is 6.96.